The summed E-state index contributed by atoms with van der Waals surface area (Å²) in [6.45, 7) is 4.04. The number of carbonyl (C=O) groups excluding carboxylic acids is 2. The molecule has 0 spiro atoms. The summed E-state index contributed by atoms with van der Waals surface area (Å²) >= 11 is 0. The van der Waals surface area contributed by atoms with Gasteiger partial charge in [-0.1, -0.05) is 6.92 Å². The van der Waals surface area contributed by atoms with E-state index in [0.717, 1.165) is 38.8 Å². The van der Waals surface area contributed by atoms with Crippen molar-refractivity contribution >= 4 is 11.9 Å². The van der Waals surface area contributed by atoms with Crippen molar-refractivity contribution in [1.29, 1.82) is 0 Å². The second-order valence-electron chi connectivity index (χ2n) is 4.69. The van der Waals surface area contributed by atoms with E-state index < -0.39 is 0 Å². The van der Waals surface area contributed by atoms with Crippen LogP contribution in [0.3, 0.4) is 0 Å². The van der Waals surface area contributed by atoms with E-state index in [0.29, 0.717) is 13.0 Å². The number of likely N-dealkylation sites (tertiary alicyclic amines) is 1. The minimum absolute atomic E-state index is 0.0159. The van der Waals surface area contributed by atoms with E-state index >= 15 is 0 Å². The zero-order valence-corrected chi connectivity index (χ0v) is 11.4. The first-order chi connectivity index (χ1) is 8.69. The number of hydrogen-bond acceptors (Lipinski definition) is 4. The number of nitrogens with one attached hydrogen (secondary N) is 1. The molecule has 0 bridgehead atoms. The second kappa shape index (κ2) is 8.08. The average Bonchev–Trinajstić information content (AvgIpc) is 2.39. The summed E-state index contributed by atoms with van der Waals surface area (Å²) in [5, 5.41) is 3.11. The molecule has 0 aliphatic carbocycles. The SMILES string of the molecule is CCCNCC(=O)N1CCCCC1CC(=O)OC. The number of piperidine rings is 1. The summed E-state index contributed by atoms with van der Waals surface area (Å²) in [5.74, 6) is -0.140. The van der Waals surface area contributed by atoms with Crippen molar-refractivity contribution in [2.45, 2.75) is 45.1 Å². The predicted octanol–water partition coefficient (Wildman–Crippen LogP) is 0.930. The van der Waals surface area contributed by atoms with Crippen molar-refractivity contribution in [2.24, 2.45) is 0 Å². The number of ether oxygens (including phenoxy) is 1. The Morgan fingerprint density at radius 2 is 2.17 bits per heavy atom. The van der Waals surface area contributed by atoms with Gasteiger partial charge < -0.3 is 15.0 Å². The number of esters is 1. The van der Waals surface area contributed by atoms with Gasteiger partial charge in [-0.2, -0.15) is 0 Å². The quantitative estimate of drug-likeness (QED) is 0.567. The van der Waals surface area contributed by atoms with Crippen LogP contribution in [0.5, 0.6) is 0 Å². The Balaban J connectivity index is 2.47. The van der Waals surface area contributed by atoms with Gasteiger partial charge in [-0.3, -0.25) is 9.59 Å². The second-order valence-corrected chi connectivity index (χ2v) is 4.69. The minimum atomic E-state index is -0.235. The summed E-state index contributed by atoms with van der Waals surface area (Å²) in [4.78, 5) is 25.2. The average molecular weight is 256 g/mol. The van der Waals surface area contributed by atoms with Crippen LogP contribution < -0.4 is 5.32 Å². The monoisotopic (exact) mass is 256 g/mol. The Kier molecular flexibility index (Phi) is 6.72. The Morgan fingerprint density at radius 1 is 1.39 bits per heavy atom. The minimum Gasteiger partial charge on any atom is -0.469 e. The standard InChI is InChI=1S/C13H24N2O3/c1-3-7-14-10-12(16)15-8-5-4-6-11(15)9-13(17)18-2/h11,14H,3-10H2,1-2H3. The molecule has 1 amide bonds. The summed E-state index contributed by atoms with van der Waals surface area (Å²) < 4.78 is 4.69. The highest BCUT2D eigenvalue weighted by Crippen LogP contribution is 2.20. The first-order valence-electron chi connectivity index (χ1n) is 6.76. The molecule has 1 rings (SSSR count). The Morgan fingerprint density at radius 3 is 2.83 bits per heavy atom. The highest BCUT2D eigenvalue weighted by Gasteiger charge is 2.28. The highest BCUT2D eigenvalue weighted by molar-refractivity contribution is 5.79. The maximum atomic E-state index is 12.1. The van der Waals surface area contributed by atoms with Crippen molar-refractivity contribution in [2.75, 3.05) is 26.7 Å². The third-order valence-electron chi connectivity index (χ3n) is 3.28. The molecule has 0 radical (unpaired) electrons. The van der Waals surface area contributed by atoms with E-state index in [4.69, 9.17) is 0 Å². The van der Waals surface area contributed by atoms with E-state index in [9.17, 15) is 9.59 Å². The molecule has 0 aromatic carbocycles. The largest absolute Gasteiger partial charge is 0.469 e. The molecule has 1 aliphatic heterocycles. The number of nitrogens with zero attached hydrogens (tertiary/aromatic N) is 1. The van der Waals surface area contributed by atoms with Crippen molar-refractivity contribution in [3.8, 4) is 0 Å². The van der Waals surface area contributed by atoms with Crippen LogP contribution in [0.2, 0.25) is 0 Å². The molecular weight excluding hydrogens is 232 g/mol. The van der Waals surface area contributed by atoms with Crippen molar-refractivity contribution in [3.63, 3.8) is 0 Å². The van der Waals surface area contributed by atoms with E-state index in [2.05, 4.69) is 17.0 Å². The van der Waals surface area contributed by atoms with Gasteiger partial charge in [-0.25, -0.2) is 0 Å². The molecule has 5 heteroatoms. The number of carbonyl (C=O) groups is 2. The molecule has 0 saturated carbocycles. The molecule has 1 heterocycles. The van der Waals surface area contributed by atoms with E-state index in [1.54, 1.807) is 0 Å². The molecule has 1 N–H and O–H groups in total. The number of methoxy groups -OCH3 is 1. The fourth-order valence-electron chi connectivity index (χ4n) is 2.29. The van der Waals surface area contributed by atoms with Crippen LogP contribution >= 0.6 is 0 Å². The molecular formula is C13H24N2O3. The summed E-state index contributed by atoms with van der Waals surface area (Å²) in [6.07, 6.45) is 4.33. The van der Waals surface area contributed by atoms with Crippen molar-refractivity contribution < 1.29 is 14.3 Å². The third-order valence-corrected chi connectivity index (χ3v) is 3.28. The summed E-state index contributed by atoms with van der Waals surface area (Å²) in [5.41, 5.74) is 0. The molecule has 0 aromatic rings. The Hall–Kier alpha value is -1.10. The van der Waals surface area contributed by atoms with Gasteiger partial charge in [-0.15, -0.1) is 0 Å². The fourth-order valence-corrected chi connectivity index (χ4v) is 2.29. The lowest BCUT2D eigenvalue weighted by molar-refractivity contribution is -0.144. The van der Waals surface area contributed by atoms with Crippen molar-refractivity contribution in [3.05, 3.63) is 0 Å². The Bertz CT molecular complexity index is 281. The fraction of sp³-hybridized carbons (Fsp3) is 0.846. The molecule has 104 valence electrons. The molecule has 1 unspecified atom stereocenters. The zero-order chi connectivity index (χ0) is 13.4. The number of rotatable bonds is 6. The topological polar surface area (TPSA) is 58.6 Å². The maximum absolute atomic E-state index is 12.1. The van der Waals surface area contributed by atoms with E-state index in [-0.39, 0.29) is 17.9 Å². The summed E-state index contributed by atoms with van der Waals surface area (Å²) in [7, 11) is 1.39. The first-order valence-corrected chi connectivity index (χ1v) is 6.76. The molecule has 0 aromatic heterocycles. The van der Waals surface area contributed by atoms with E-state index in [1.165, 1.54) is 7.11 Å². The van der Waals surface area contributed by atoms with Gasteiger partial charge in [0.2, 0.25) is 5.91 Å². The van der Waals surface area contributed by atoms with Crippen LogP contribution in [0.1, 0.15) is 39.0 Å². The summed E-state index contributed by atoms with van der Waals surface area (Å²) in [6, 6.07) is 0.0159. The van der Waals surface area contributed by atoms with Crippen molar-refractivity contribution in [1.82, 2.24) is 10.2 Å². The van der Waals surface area contributed by atoms with Gasteiger partial charge in [0, 0.05) is 12.6 Å². The van der Waals surface area contributed by atoms with Gasteiger partial charge in [0.25, 0.3) is 0 Å². The maximum Gasteiger partial charge on any atom is 0.307 e. The van der Waals surface area contributed by atoms with Gasteiger partial charge in [-0.05, 0) is 32.2 Å². The van der Waals surface area contributed by atoms with Gasteiger partial charge in [0.15, 0.2) is 0 Å². The highest BCUT2D eigenvalue weighted by atomic mass is 16.5. The van der Waals surface area contributed by atoms with Crippen LogP contribution in [-0.2, 0) is 14.3 Å². The molecule has 1 fully saturated rings. The van der Waals surface area contributed by atoms with Crippen LogP contribution in [0.25, 0.3) is 0 Å². The lowest BCUT2D eigenvalue weighted by Crippen LogP contribution is -2.48. The lowest BCUT2D eigenvalue weighted by Gasteiger charge is -2.35. The van der Waals surface area contributed by atoms with Crippen LogP contribution in [0.4, 0.5) is 0 Å². The predicted molar refractivity (Wildman–Crippen MR) is 69.1 cm³/mol. The first kappa shape index (κ1) is 15.0. The van der Waals surface area contributed by atoms with Gasteiger partial charge in [0.05, 0.1) is 20.1 Å². The molecule has 1 aliphatic rings. The number of amides is 1. The van der Waals surface area contributed by atoms with Crippen LogP contribution in [0.15, 0.2) is 0 Å². The number of hydrogen-bond donors (Lipinski definition) is 1. The van der Waals surface area contributed by atoms with Crippen LogP contribution in [-0.4, -0.2) is 49.6 Å². The molecule has 18 heavy (non-hydrogen) atoms. The van der Waals surface area contributed by atoms with Gasteiger partial charge in [0.1, 0.15) is 0 Å². The zero-order valence-electron chi connectivity index (χ0n) is 11.4. The molecule has 1 saturated heterocycles. The molecule has 5 nitrogen and oxygen atoms in total. The lowest BCUT2D eigenvalue weighted by atomic mass is 9.99. The normalized spacial score (nSPS) is 19.7. The Labute approximate surface area is 109 Å². The third kappa shape index (κ3) is 4.64. The molecule has 1 atom stereocenters. The van der Waals surface area contributed by atoms with Crippen LogP contribution in [0, 0.1) is 0 Å². The smallest absolute Gasteiger partial charge is 0.307 e. The van der Waals surface area contributed by atoms with Gasteiger partial charge >= 0.3 is 5.97 Å². The van der Waals surface area contributed by atoms with E-state index in [1.807, 2.05) is 4.90 Å².